The third-order valence-corrected chi connectivity index (χ3v) is 2.05. The van der Waals surface area contributed by atoms with Crippen molar-refractivity contribution in [2.24, 2.45) is 11.8 Å². The van der Waals surface area contributed by atoms with E-state index in [1.165, 1.54) is 0 Å². The van der Waals surface area contributed by atoms with Crippen LogP contribution in [0.2, 0.25) is 0 Å². The van der Waals surface area contributed by atoms with E-state index in [1.807, 2.05) is 13.8 Å². The van der Waals surface area contributed by atoms with Crippen molar-refractivity contribution in [1.29, 1.82) is 0 Å². The minimum atomic E-state index is -0.627. The van der Waals surface area contributed by atoms with Crippen molar-refractivity contribution in [3.8, 4) is 0 Å². The van der Waals surface area contributed by atoms with Crippen molar-refractivity contribution in [3.05, 3.63) is 12.2 Å². The molecule has 0 amide bonds. The van der Waals surface area contributed by atoms with Gasteiger partial charge in [0.05, 0.1) is 6.10 Å². The number of hydrogen-bond donors (Lipinski definition) is 1. The number of carbonyl (C=O) groups excluding carboxylic acids is 1. The van der Waals surface area contributed by atoms with Gasteiger partial charge in [-0.15, -0.1) is 0 Å². The SMILES string of the molecule is C=C(CC(O)C(C)[C]=O)C(C)C. The number of aliphatic hydroxyl groups excluding tert-OH is 1. The summed E-state index contributed by atoms with van der Waals surface area (Å²) in [5.74, 6) is -0.0565. The Bertz CT molecular complexity index is 161. The van der Waals surface area contributed by atoms with E-state index >= 15 is 0 Å². The molecule has 2 heteroatoms. The molecule has 2 atom stereocenters. The van der Waals surface area contributed by atoms with Gasteiger partial charge in [-0.25, -0.2) is 0 Å². The quantitative estimate of drug-likeness (QED) is 0.636. The van der Waals surface area contributed by atoms with Gasteiger partial charge in [0, 0.05) is 5.92 Å². The van der Waals surface area contributed by atoms with Crippen molar-refractivity contribution < 1.29 is 9.90 Å². The van der Waals surface area contributed by atoms with Crippen LogP contribution in [0.5, 0.6) is 0 Å². The van der Waals surface area contributed by atoms with Crippen molar-refractivity contribution >= 4 is 6.29 Å². The van der Waals surface area contributed by atoms with Gasteiger partial charge < -0.3 is 5.11 Å². The first kappa shape index (κ1) is 11.4. The van der Waals surface area contributed by atoms with Crippen LogP contribution < -0.4 is 0 Å². The second-order valence-corrected chi connectivity index (χ2v) is 3.49. The molecule has 0 rings (SSSR count). The van der Waals surface area contributed by atoms with Crippen LogP contribution in [0.4, 0.5) is 0 Å². The summed E-state index contributed by atoms with van der Waals surface area (Å²) in [6.07, 6.45) is 1.63. The summed E-state index contributed by atoms with van der Waals surface area (Å²) in [5, 5.41) is 9.41. The van der Waals surface area contributed by atoms with Gasteiger partial charge in [0.2, 0.25) is 6.29 Å². The Morgan fingerprint density at radius 3 is 2.33 bits per heavy atom. The van der Waals surface area contributed by atoms with Crippen molar-refractivity contribution in [2.45, 2.75) is 33.3 Å². The molecule has 0 aromatic rings. The normalized spacial score (nSPS) is 15.8. The van der Waals surface area contributed by atoms with Gasteiger partial charge in [-0.1, -0.05) is 32.9 Å². The van der Waals surface area contributed by atoms with Gasteiger partial charge in [0.15, 0.2) is 0 Å². The molecule has 0 aromatic heterocycles. The zero-order valence-corrected chi connectivity index (χ0v) is 8.00. The highest BCUT2D eigenvalue weighted by atomic mass is 16.3. The molecule has 0 aliphatic rings. The molecule has 0 saturated carbocycles. The Morgan fingerprint density at radius 2 is 2.00 bits per heavy atom. The molecule has 0 aromatic carbocycles. The molecule has 2 unspecified atom stereocenters. The van der Waals surface area contributed by atoms with Gasteiger partial charge in [-0.2, -0.15) is 0 Å². The summed E-state index contributed by atoms with van der Waals surface area (Å²) >= 11 is 0. The topological polar surface area (TPSA) is 37.3 Å². The standard InChI is InChI=1S/C10H17O2/c1-7(2)8(3)5-10(12)9(4)6-11/h7,9-10,12H,3,5H2,1-2,4H3. The summed E-state index contributed by atoms with van der Waals surface area (Å²) in [5.41, 5.74) is 0.976. The highest BCUT2D eigenvalue weighted by Crippen LogP contribution is 2.16. The van der Waals surface area contributed by atoms with E-state index in [4.69, 9.17) is 0 Å². The summed E-state index contributed by atoms with van der Waals surface area (Å²) in [7, 11) is 0. The highest BCUT2D eigenvalue weighted by molar-refractivity contribution is 5.54. The van der Waals surface area contributed by atoms with Crippen LogP contribution in [0.3, 0.4) is 0 Å². The zero-order chi connectivity index (χ0) is 9.72. The predicted octanol–water partition coefficient (Wildman–Crippen LogP) is 1.70. The van der Waals surface area contributed by atoms with Crippen LogP contribution >= 0.6 is 0 Å². The van der Waals surface area contributed by atoms with E-state index < -0.39 is 12.0 Å². The molecular formula is C10H17O2. The minimum absolute atomic E-state index is 0.360. The first-order valence-corrected chi connectivity index (χ1v) is 4.22. The number of hydrogen-bond acceptors (Lipinski definition) is 2. The molecule has 0 fully saturated rings. The fourth-order valence-electron chi connectivity index (χ4n) is 0.760. The molecule has 0 aliphatic heterocycles. The van der Waals surface area contributed by atoms with Crippen LogP contribution in [-0.2, 0) is 4.79 Å². The molecule has 0 aliphatic carbocycles. The molecule has 0 bridgehead atoms. The van der Waals surface area contributed by atoms with Gasteiger partial charge in [-0.05, 0) is 12.3 Å². The van der Waals surface area contributed by atoms with Crippen LogP contribution in [0.15, 0.2) is 12.2 Å². The smallest absolute Gasteiger partial charge is 0.204 e. The summed E-state index contributed by atoms with van der Waals surface area (Å²) < 4.78 is 0. The minimum Gasteiger partial charge on any atom is -0.392 e. The molecule has 0 spiro atoms. The van der Waals surface area contributed by atoms with E-state index in [0.29, 0.717) is 12.3 Å². The third kappa shape index (κ3) is 3.67. The molecule has 0 heterocycles. The predicted molar refractivity (Wildman–Crippen MR) is 49.5 cm³/mol. The lowest BCUT2D eigenvalue weighted by molar-refractivity contribution is 0.141. The maximum absolute atomic E-state index is 10.2. The molecule has 2 nitrogen and oxygen atoms in total. The lowest BCUT2D eigenvalue weighted by Crippen LogP contribution is -2.20. The van der Waals surface area contributed by atoms with E-state index in [0.717, 1.165) is 5.57 Å². The maximum atomic E-state index is 10.2. The third-order valence-electron chi connectivity index (χ3n) is 2.05. The van der Waals surface area contributed by atoms with Gasteiger partial charge >= 0.3 is 0 Å². The van der Waals surface area contributed by atoms with Crippen LogP contribution in [0, 0.1) is 11.8 Å². The molecule has 1 N–H and O–H groups in total. The Balaban J connectivity index is 3.91. The molecule has 0 saturated heterocycles. The van der Waals surface area contributed by atoms with Crippen molar-refractivity contribution in [2.75, 3.05) is 0 Å². The van der Waals surface area contributed by atoms with Gasteiger partial charge in [0.1, 0.15) is 0 Å². The lowest BCUT2D eigenvalue weighted by Gasteiger charge is -2.16. The first-order valence-electron chi connectivity index (χ1n) is 4.22. The second kappa shape index (κ2) is 5.09. The zero-order valence-electron chi connectivity index (χ0n) is 8.00. The lowest BCUT2D eigenvalue weighted by atomic mass is 9.94. The maximum Gasteiger partial charge on any atom is 0.204 e. The van der Waals surface area contributed by atoms with E-state index in [1.54, 1.807) is 13.2 Å². The molecular weight excluding hydrogens is 152 g/mol. The summed E-state index contributed by atoms with van der Waals surface area (Å²) in [6, 6.07) is 0. The van der Waals surface area contributed by atoms with Gasteiger partial charge in [-0.3, -0.25) is 4.79 Å². The Kier molecular flexibility index (Phi) is 4.83. The molecule has 12 heavy (non-hydrogen) atoms. The monoisotopic (exact) mass is 169 g/mol. The average Bonchev–Trinajstić information content (AvgIpc) is 2.02. The fourth-order valence-corrected chi connectivity index (χ4v) is 0.760. The second-order valence-electron chi connectivity index (χ2n) is 3.49. The first-order chi connectivity index (χ1) is 5.49. The van der Waals surface area contributed by atoms with Crippen molar-refractivity contribution in [1.82, 2.24) is 0 Å². The Hall–Kier alpha value is -0.630. The van der Waals surface area contributed by atoms with Crippen LogP contribution in [0.25, 0.3) is 0 Å². The van der Waals surface area contributed by atoms with Gasteiger partial charge in [0.25, 0.3) is 0 Å². The fraction of sp³-hybridized carbons (Fsp3) is 0.700. The number of aliphatic hydroxyl groups is 1. The van der Waals surface area contributed by atoms with E-state index in [-0.39, 0.29) is 0 Å². The average molecular weight is 169 g/mol. The Morgan fingerprint density at radius 1 is 1.50 bits per heavy atom. The number of rotatable bonds is 5. The molecule has 69 valence electrons. The van der Waals surface area contributed by atoms with Crippen LogP contribution in [-0.4, -0.2) is 17.5 Å². The summed E-state index contributed by atoms with van der Waals surface area (Å²) in [4.78, 5) is 10.2. The van der Waals surface area contributed by atoms with E-state index in [2.05, 4.69) is 6.58 Å². The Labute approximate surface area is 74.3 Å². The van der Waals surface area contributed by atoms with Crippen LogP contribution in [0.1, 0.15) is 27.2 Å². The van der Waals surface area contributed by atoms with E-state index in [9.17, 15) is 9.90 Å². The molecule has 1 radical (unpaired) electrons. The highest BCUT2D eigenvalue weighted by Gasteiger charge is 2.15. The largest absolute Gasteiger partial charge is 0.392 e. The summed E-state index contributed by atoms with van der Waals surface area (Å²) in [6.45, 7) is 9.52. The van der Waals surface area contributed by atoms with Crippen molar-refractivity contribution in [3.63, 3.8) is 0 Å².